The molecule has 4 heteroatoms. The van der Waals surface area contributed by atoms with Crippen LogP contribution >= 0.6 is 0 Å². The Morgan fingerprint density at radius 1 is 1.38 bits per heavy atom. The molecule has 1 aromatic rings. The average molecular weight is 287 g/mol. The molecular weight excluding hydrogens is 262 g/mol. The van der Waals surface area contributed by atoms with Crippen LogP contribution in [0, 0.1) is 5.92 Å². The van der Waals surface area contributed by atoms with Crippen molar-refractivity contribution in [2.45, 2.75) is 18.8 Å². The maximum absolute atomic E-state index is 12.8. The first-order valence-electron chi connectivity index (χ1n) is 7.91. The van der Waals surface area contributed by atoms with Crippen molar-refractivity contribution in [1.29, 1.82) is 0 Å². The number of carbonyl (C=O) groups excluding carboxylic acids is 1. The molecule has 0 spiro atoms. The molecule has 2 unspecified atom stereocenters. The fraction of sp³-hybridized carbons (Fsp3) is 0.588. The zero-order chi connectivity index (χ0) is 14.8. The van der Waals surface area contributed by atoms with E-state index in [0.717, 1.165) is 43.9 Å². The molecule has 1 saturated heterocycles. The smallest absolute Gasteiger partial charge is 0.230 e. The second-order valence-corrected chi connectivity index (χ2v) is 6.49. The number of carbonyl (C=O) groups is 1. The largest absolute Gasteiger partial charge is 0.385 e. The summed E-state index contributed by atoms with van der Waals surface area (Å²) in [6, 6.07) is 8.21. The van der Waals surface area contributed by atoms with Crippen LogP contribution in [-0.2, 0) is 4.79 Å². The fourth-order valence-electron chi connectivity index (χ4n) is 3.64. The van der Waals surface area contributed by atoms with E-state index in [-0.39, 0.29) is 11.8 Å². The van der Waals surface area contributed by atoms with Crippen molar-refractivity contribution in [1.82, 2.24) is 9.80 Å². The topological polar surface area (TPSA) is 35.6 Å². The lowest BCUT2D eigenvalue weighted by Crippen LogP contribution is -2.38. The van der Waals surface area contributed by atoms with E-state index in [1.54, 1.807) is 0 Å². The standard InChI is InChI=1S/C17H25N3O/c1-19-10-8-13(11-19)12-20(2)17(21)15-7-9-18-16-6-4-3-5-14(15)16/h3-6,13,15,18H,7-12H2,1-2H3. The number of likely N-dealkylation sites (tertiary alicyclic amines) is 1. The van der Waals surface area contributed by atoms with E-state index >= 15 is 0 Å². The summed E-state index contributed by atoms with van der Waals surface area (Å²) in [6.45, 7) is 4.03. The summed E-state index contributed by atoms with van der Waals surface area (Å²) < 4.78 is 0. The first kappa shape index (κ1) is 14.4. The van der Waals surface area contributed by atoms with Crippen molar-refractivity contribution < 1.29 is 4.79 Å². The van der Waals surface area contributed by atoms with Crippen LogP contribution in [0.5, 0.6) is 0 Å². The normalized spacial score (nSPS) is 25.2. The van der Waals surface area contributed by atoms with E-state index in [1.807, 2.05) is 24.1 Å². The first-order valence-corrected chi connectivity index (χ1v) is 7.91. The number of fused-ring (bicyclic) bond motifs is 1. The van der Waals surface area contributed by atoms with E-state index in [0.29, 0.717) is 5.92 Å². The SMILES string of the molecule is CN1CCC(CN(C)C(=O)C2CCNc3ccccc32)C1. The Morgan fingerprint density at radius 2 is 2.19 bits per heavy atom. The zero-order valence-corrected chi connectivity index (χ0v) is 13.0. The van der Waals surface area contributed by atoms with Crippen LogP contribution < -0.4 is 5.32 Å². The second-order valence-electron chi connectivity index (χ2n) is 6.49. The Morgan fingerprint density at radius 3 is 2.95 bits per heavy atom. The Hall–Kier alpha value is -1.55. The van der Waals surface area contributed by atoms with Gasteiger partial charge in [-0.1, -0.05) is 18.2 Å². The van der Waals surface area contributed by atoms with E-state index in [2.05, 4.69) is 29.4 Å². The lowest BCUT2D eigenvalue weighted by Gasteiger charge is -2.30. The van der Waals surface area contributed by atoms with Crippen LogP contribution in [0.3, 0.4) is 0 Å². The summed E-state index contributed by atoms with van der Waals surface area (Å²) in [5, 5.41) is 3.39. The molecular formula is C17H25N3O. The van der Waals surface area contributed by atoms with Gasteiger partial charge in [0.2, 0.25) is 5.91 Å². The molecule has 2 aliphatic heterocycles. The van der Waals surface area contributed by atoms with Gasteiger partial charge in [0, 0.05) is 32.4 Å². The minimum atomic E-state index is 0.0200. The number of hydrogen-bond donors (Lipinski definition) is 1. The Labute approximate surface area is 127 Å². The molecule has 3 rings (SSSR count). The monoisotopic (exact) mass is 287 g/mol. The van der Waals surface area contributed by atoms with Gasteiger partial charge >= 0.3 is 0 Å². The van der Waals surface area contributed by atoms with Crippen LogP contribution in [0.25, 0.3) is 0 Å². The Balaban J connectivity index is 1.68. The molecule has 0 saturated carbocycles. The van der Waals surface area contributed by atoms with Crippen molar-refractivity contribution in [3.63, 3.8) is 0 Å². The third-order valence-electron chi connectivity index (χ3n) is 4.78. The highest BCUT2D eigenvalue weighted by molar-refractivity contribution is 5.86. The van der Waals surface area contributed by atoms with Crippen molar-refractivity contribution in [3.05, 3.63) is 29.8 Å². The van der Waals surface area contributed by atoms with Gasteiger partial charge in [-0.2, -0.15) is 0 Å². The van der Waals surface area contributed by atoms with Crippen LogP contribution in [0.4, 0.5) is 5.69 Å². The van der Waals surface area contributed by atoms with Gasteiger partial charge in [-0.25, -0.2) is 0 Å². The van der Waals surface area contributed by atoms with Gasteiger partial charge in [0.1, 0.15) is 0 Å². The number of para-hydroxylation sites is 1. The summed E-state index contributed by atoms with van der Waals surface area (Å²) in [7, 11) is 4.12. The van der Waals surface area contributed by atoms with Gasteiger partial charge in [0.25, 0.3) is 0 Å². The number of nitrogens with one attached hydrogen (secondary N) is 1. The quantitative estimate of drug-likeness (QED) is 0.923. The Bertz CT molecular complexity index is 517. The molecule has 2 atom stereocenters. The van der Waals surface area contributed by atoms with Gasteiger partial charge < -0.3 is 15.1 Å². The number of hydrogen-bond acceptors (Lipinski definition) is 3. The van der Waals surface area contributed by atoms with Crippen LogP contribution in [0.15, 0.2) is 24.3 Å². The molecule has 0 aliphatic carbocycles. The third kappa shape index (κ3) is 3.05. The highest BCUT2D eigenvalue weighted by Gasteiger charge is 2.30. The van der Waals surface area contributed by atoms with Crippen LogP contribution in [-0.4, -0.2) is 56.0 Å². The summed E-state index contributed by atoms with van der Waals surface area (Å²) in [6.07, 6.45) is 2.10. The molecule has 1 N–H and O–H groups in total. The molecule has 0 aromatic heterocycles. The number of rotatable bonds is 3. The molecule has 2 heterocycles. The minimum Gasteiger partial charge on any atom is -0.385 e. The predicted molar refractivity (Wildman–Crippen MR) is 85.5 cm³/mol. The van der Waals surface area contributed by atoms with E-state index in [9.17, 15) is 4.79 Å². The minimum absolute atomic E-state index is 0.0200. The molecule has 1 amide bonds. The van der Waals surface area contributed by atoms with Crippen molar-refractivity contribution >= 4 is 11.6 Å². The highest BCUT2D eigenvalue weighted by atomic mass is 16.2. The Kier molecular flexibility index (Phi) is 4.15. The van der Waals surface area contributed by atoms with Gasteiger partial charge in [0.05, 0.1) is 5.92 Å². The van der Waals surface area contributed by atoms with Gasteiger partial charge in [0.15, 0.2) is 0 Å². The number of anilines is 1. The summed E-state index contributed by atoms with van der Waals surface area (Å²) in [4.78, 5) is 17.1. The molecule has 2 aliphatic rings. The highest BCUT2D eigenvalue weighted by Crippen LogP contribution is 2.32. The van der Waals surface area contributed by atoms with Crippen LogP contribution in [0.1, 0.15) is 24.3 Å². The lowest BCUT2D eigenvalue weighted by atomic mass is 9.89. The van der Waals surface area contributed by atoms with E-state index in [1.165, 1.54) is 6.42 Å². The number of likely N-dealkylation sites (N-methyl/N-ethyl adjacent to an activating group) is 1. The summed E-state index contributed by atoms with van der Waals surface area (Å²) >= 11 is 0. The average Bonchev–Trinajstić information content (AvgIpc) is 2.91. The van der Waals surface area contributed by atoms with E-state index < -0.39 is 0 Å². The van der Waals surface area contributed by atoms with Gasteiger partial charge in [-0.15, -0.1) is 0 Å². The summed E-state index contributed by atoms with van der Waals surface area (Å²) in [5.74, 6) is 0.922. The number of nitrogens with zero attached hydrogens (tertiary/aromatic N) is 2. The summed E-state index contributed by atoms with van der Waals surface area (Å²) in [5.41, 5.74) is 2.28. The fourth-order valence-corrected chi connectivity index (χ4v) is 3.64. The number of benzene rings is 1. The molecule has 21 heavy (non-hydrogen) atoms. The maximum Gasteiger partial charge on any atom is 0.230 e. The lowest BCUT2D eigenvalue weighted by molar-refractivity contribution is -0.132. The predicted octanol–water partition coefficient (Wildman–Crippen LogP) is 2.00. The zero-order valence-electron chi connectivity index (χ0n) is 13.0. The third-order valence-corrected chi connectivity index (χ3v) is 4.78. The molecule has 4 nitrogen and oxygen atoms in total. The molecule has 114 valence electrons. The van der Waals surface area contributed by atoms with Crippen molar-refractivity contribution in [3.8, 4) is 0 Å². The van der Waals surface area contributed by atoms with E-state index in [4.69, 9.17) is 0 Å². The first-order chi connectivity index (χ1) is 10.1. The number of amides is 1. The van der Waals surface area contributed by atoms with Gasteiger partial charge in [-0.3, -0.25) is 4.79 Å². The van der Waals surface area contributed by atoms with Crippen LogP contribution in [0.2, 0.25) is 0 Å². The van der Waals surface area contributed by atoms with Gasteiger partial charge in [-0.05, 0) is 44.0 Å². The van der Waals surface area contributed by atoms with Crippen molar-refractivity contribution in [2.24, 2.45) is 5.92 Å². The molecule has 0 bridgehead atoms. The molecule has 0 radical (unpaired) electrons. The molecule has 1 fully saturated rings. The molecule has 1 aromatic carbocycles. The van der Waals surface area contributed by atoms with Crippen molar-refractivity contribution in [2.75, 3.05) is 45.6 Å². The maximum atomic E-state index is 12.8. The second kappa shape index (κ2) is 6.06.